The van der Waals surface area contributed by atoms with Crippen molar-refractivity contribution in [2.75, 3.05) is 11.4 Å². The maximum absolute atomic E-state index is 13.3. The Hall–Kier alpha value is -2.34. The lowest BCUT2D eigenvalue weighted by Gasteiger charge is -2.22. The third-order valence-corrected chi connectivity index (χ3v) is 3.01. The minimum absolute atomic E-state index is 0.305. The van der Waals surface area contributed by atoms with Gasteiger partial charge in [-0.1, -0.05) is 6.07 Å². The zero-order chi connectivity index (χ0) is 14.5. The molecule has 0 radical (unpaired) electrons. The van der Waals surface area contributed by atoms with Gasteiger partial charge < -0.3 is 9.32 Å². The summed E-state index contributed by atoms with van der Waals surface area (Å²) in [5.41, 5.74) is 3.17. The van der Waals surface area contributed by atoms with Crippen LogP contribution in [-0.4, -0.2) is 12.5 Å². The smallest absolute Gasteiger partial charge is 0.268 e. The van der Waals surface area contributed by atoms with E-state index in [1.807, 2.05) is 11.8 Å². The maximum Gasteiger partial charge on any atom is 0.268 e. The first-order valence-corrected chi connectivity index (χ1v) is 6.23. The Balaban J connectivity index is 2.23. The lowest BCUT2D eigenvalue weighted by atomic mass is 10.2. The number of halogens is 1. The van der Waals surface area contributed by atoms with Crippen molar-refractivity contribution in [3.63, 3.8) is 0 Å². The number of furan rings is 1. The fraction of sp³-hybridized carbons (Fsp3) is 0.214. The summed E-state index contributed by atoms with van der Waals surface area (Å²) in [6, 6.07) is 7.82. The van der Waals surface area contributed by atoms with Gasteiger partial charge in [-0.3, -0.25) is 10.2 Å². The molecule has 0 bridgehead atoms. The Morgan fingerprint density at radius 1 is 1.45 bits per heavy atom. The number of nitrogens with two attached hydrogens (primary N) is 1. The second-order valence-electron chi connectivity index (χ2n) is 4.22. The number of nitrogen functional groups attached to an aromatic ring is 1. The van der Waals surface area contributed by atoms with Crippen molar-refractivity contribution in [1.29, 1.82) is 0 Å². The van der Waals surface area contributed by atoms with Crippen molar-refractivity contribution < 1.29 is 13.6 Å². The number of nitrogens with one attached hydrogen (secondary N) is 1. The molecule has 2 rings (SSSR count). The van der Waals surface area contributed by atoms with Crippen molar-refractivity contribution in [3.8, 4) is 0 Å². The zero-order valence-corrected chi connectivity index (χ0v) is 11.1. The van der Waals surface area contributed by atoms with E-state index in [9.17, 15) is 9.18 Å². The van der Waals surface area contributed by atoms with Gasteiger partial charge in [0.25, 0.3) is 5.91 Å². The molecule has 2 aromatic rings. The minimum Gasteiger partial charge on any atom is -0.467 e. The average Bonchev–Trinajstić information content (AvgIpc) is 2.92. The summed E-state index contributed by atoms with van der Waals surface area (Å²) in [5.74, 6) is 4.89. The second kappa shape index (κ2) is 6.21. The quantitative estimate of drug-likeness (QED) is 0.498. The molecule has 1 aromatic heterocycles. The number of benzene rings is 1. The first-order valence-electron chi connectivity index (χ1n) is 6.23. The monoisotopic (exact) mass is 277 g/mol. The van der Waals surface area contributed by atoms with E-state index in [2.05, 4.69) is 5.43 Å². The normalized spacial score (nSPS) is 10.3. The number of hydrazine groups is 1. The van der Waals surface area contributed by atoms with E-state index in [0.717, 1.165) is 5.69 Å². The molecule has 3 N–H and O–H groups in total. The van der Waals surface area contributed by atoms with E-state index in [0.29, 0.717) is 24.4 Å². The summed E-state index contributed by atoms with van der Waals surface area (Å²) in [4.78, 5) is 13.5. The van der Waals surface area contributed by atoms with Gasteiger partial charge >= 0.3 is 0 Å². The Kier molecular flexibility index (Phi) is 4.37. The van der Waals surface area contributed by atoms with Crippen LogP contribution >= 0.6 is 0 Å². The van der Waals surface area contributed by atoms with Crippen LogP contribution in [0.3, 0.4) is 0 Å². The molecule has 1 aromatic carbocycles. The summed E-state index contributed by atoms with van der Waals surface area (Å²) in [6.07, 6.45) is 1.43. The van der Waals surface area contributed by atoms with Crippen LogP contribution in [0.4, 0.5) is 10.1 Å². The van der Waals surface area contributed by atoms with Crippen LogP contribution in [0.5, 0.6) is 0 Å². The highest BCUT2D eigenvalue weighted by molar-refractivity contribution is 5.94. The predicted octanol–water partition coefficient (Wildman–Crippen LogP) is 2.05. The number of anilines is 1. The molecule has 0 aliphatic carbocycles. The third-order valence-electron chi connectivity index (χ3n) is 3.01. The summed E-state index contributed by atoms with van der Waals surface area (Å²) >= 11 is 0. The van der Waals surface area contributed by atoms with E-state index in [4.69, 9.17) is 10.3 Å². The number of hydrogen-bond acceptors (Lipinski definition) is 4. The molecule has 0 aliphatic rings. The van der Waals surface area contributed by atoms with Crippen LogP contribution in [-0.2, 0) is 6.54 Å². The van der Waals surface area contributed by atoms with Crippen LogP contribution in [0.15, 0.2) is 41.0 Å². The number of amides is 1. The summed E-state index contributed by atoms with van der Waals surface area (Å²) < 4.78 is 18.6. The molecule has 0 spiro atoms. The maximum atomic E-state index is 13.3. The number of hydrogen-bond donors (Lipinski definition) is 2. The molecule has 5 nitrogen and oxygen atoms in total. The fourth-order valence-electron chi connectivity index (χ4n) is 1.97. The lowest BCUT2D eigenvalue weighted by molar-refractivity contribution is 0.0951. The predicted molar refractivity (Wildman–Crippen MR) is 73.5 cm³/mol. The number of carbonyl (C=O) groups excluding carboxylic acids is 1. The van der Waals surface area contributed by atoms with E-state index < -0.39 is 5.91 Å². The molecule has 0 unspecified atom stereocenters. The van der Waals surface area contributed by atoms with Gasteiger partial charge in [0.1, 0.15) is 11.6 Å². The summed E-state index contributed by atoms with van der Waals surface area (Å²) in [7, 11) is 0. The number of rotatable bonds is 5. The fourth-order valence-corrected chi connectivity index (χ4v) is 1.97. The summed E-state index contributed by atoms with van der Waals surface area (Å²) in [6.45, 7) is 2.94. The van der Waals surface area contributed by atoms with Gasteiger partial charge in [-0.2, -0.15) is 0 Å². The highest BCUT2D eigenvalue weighted by Crippen LogP contribution is 2.20. The van der Waals surface area contributed by atoms with Crippen molar-refractivity contribution in [3.05, 3.63) is 53.7 Å². The SMILES string of the molecule is CCN(Cc1occc1C(=O)NN)c1cccc(F)c1. The zero-order valence-electron chi connectivity index (χ0n) is 11.1. The first kappa shape index (κ1) is 14.1. The van der Waals surface area contributed by atoms with Crippen molar-refractivity contribution in [2.24, 2.45) is 5.84 Å². The van der Waals surface area contributed by atoms with E-state index in [-0.39, 0.29) is 5.82 Å². The average molecular weight is 277 g/mol. The first-order chi connectivity index (χ1) is 9.65. The van der Waals surface area contributed by atoms with Crippen molar-refractivity contribution in [1.82, 2.24) is 5.43 Å². The van der Waals surface area contributed by atoms with Crippen molar-refractivity contribution >= 4 is 11.6 Å². The molecule has 1 amide bonds. The largest absolute Gasteiger partial charge is 0.467 e. The molecular formula is C14H16FN3O2. The topological polar surface area (TPSA) is 71.5 Å². The van der Waals surface area contributed by atoms with Crippen LogP contribution in [0, 0.1) is 5.82 Å². The molecule has 0 saturated heterocycles. The van der Waals surface area contributed by atoms with E-state index >= 15 is 0 Å². The van der Waals surface area contributed by atoms with Gasteiger partial charge in [0.05, 0.1) is 18.4 Å². The molecule has 1 heterocycles. The highest BCUT2D eigenvalue weighted by atomic mass is 19.1. The lowest BCUT2D eigenvalue weighted by Crippen LogP contribution is -2.31. The van der Waals surface area contributed by atoms with Crippen LogP contribution in [0.2, 0.25) is 0 Å². The Morgan fingerprint density at radius 3 is 2.90 bits per heavy atom. The van der Waals surface area contributed by atoms with Crippen LogP contribution in [0.1, 0.15) is 23.0 Å². The minimum atomic E-state index is -0.413. The van der Waals surface area contributed by atoms with Crippen LogP contribution in [0.25, 0.3) is 0 Å². The number of nitrogens with zero attached hydrogens (tertiary/aromatic N) is 1. The molecular weight excluding hydrogens is 261 g/mol. The molecule has 0 aliphatic heterocycles. The molecule has 0 atom stereocenters. The molecule has 106 valence electrons. The molecule has 6 heteroatoms. The standard InChI is InChI=1S/C14H16FN3O2/c1-2-18(11-5-3-4-10(15)8-11)9-13-12(6-7-20-13)14(19)17-16/h3-8H,2,9,16H2,1H3,(H,17,19). The Labute approximate surface area is 116 Å². The van der Waals surface area contributed by atoms with Crippen LogP contribution < -0.4 is 16.2 Å². The van der Waals surface area contributed by atoms with Gasteiger partial charge in [-0.15, -0.1) is 0 Å². The van der Waals surface area contributed by atoms with Gasteiger partial charge in [0.2, 0.25) is 0 Å². The molecule has 20 heavy (non-hydrogen) atoms. The van der Waals surface area contributed by atoms with Gasteiger partial charge in [0.15, 0.2) is 0 Å². The van der Waals surface area contributed by atoms with E-state index in [1.54, 1.807) is 18.2 Å². The number of carbonyl (C=O) groups is 1. The third kappa shape index (κ3) is 2.97. The highest BCUT2D eigenvalue weighted by Gasteiger charge is 2.16. The van der Waals surface area contributed by atoms with Crippen molar-refractivity contribution in [2.45, 2.75) is 13.5 Å². The van der Waals surface area contributed by atoms with Gasteiger partial charge in [0, 0.05) is 12.2 Å². The molecule has 0 saturated carbocycles. The Morgan fingerprint density at radius 2 is 2.25 bits per heavy atom. The summed E-state index contributed by atoms with van der Waals surface area (Å²) in [5, 5.41) is 0. The van der Waals surface area contributed by atoms with Gasteiger partial charge in [-0.05, 0) is 31.2 Å². The molecule has 0 fully saturated rings. The second-order valence-corrected chi connectivity index (χ2v) is 4.22. The Bertz CT molecular complexity index is 598. The van der Waals surface area contributed by atoms with Gasteiger partial charge in [-0.25, -0.2) is 10.2 Å². The van der Waals surface area contributed by atoms with E-state index in [1.165, 1.54) is 18.4 Å².